The molecule has 0 aliphatic carbocycles. The number of nitrogens with one attached hydrogen (secondary N) is 1. The topological polar surface area (TPSA) is 32.3 Å². The molecule has 0 aliphatic heterocycles. The summed E-state index contributed by atoms with van der Waals surface area (Å²) in [5.41, 5.74) is 0.903. The Morgan fingerprint density at radius 2 is 1.86 bits per heavy atom. The largest absolute Gasteiger partial charge is 0.389 e. The molecule has 0 fully saturated rings. The van der Waals surface area contributed by atoms with Crippen LogP contribution in [-0.2, 0) is 4.79 Å². The maximum atomic E-state index is 12.1. The van der Waals surface area contributed by atoms with Gasteiger partial charge in [0.15, 0.2) is 0 Å². The minimum absolute atomic E-state index is 0.269. The second-order valence-electron chi connectivity index (χ2n) is 5.24. The molecule has 1 N–H and O–H groups in total. The maximum Gasteiger partial charge on any atom is 0.389 e. The van der Waals surface area contributed by atoms with Crippen molar-refractivity contribution in [2.45, 2.75) is 31.5 Å². The van der Waals surface area contributed by atoms with Crippen LogP contribution in [-0.4, -0.2) is 37.6 Å². The van der Waals surface area contributed by atoms with Crippen molar-refractivity contribution in [1.82, 2.24) is 10.2 Å². The van der Waals surface area contributed by atoms with E-state index in [9.17, 15) is 18.0 Å². The van der Waals surface area contributed by atoms with Crippen molar-refractivity contribution in [2.75, 3.05) is 20.6 Å². The van der Waals surface area contributed by atoms with E-state index in [1.54, 1.807) is 0 Å². The molecule has 118 valence electrons. The predicted octanol–water partition coefficient (Wildman–Crippen LogP) is 3.14. The molecule has 0 saturated carbocycles. The van der Waals surface area contributed by atoms with Gasteiger partial charge in [0.05, 0.1) is 12.5 Å². The van der Waals surface area contributed by atoms with Crippen molar-refractivity contribution in [3.8, 4) is 0 Å². The van der Waals surface area contributed by atoms with Gasteiger partial charge in [-0.1, -0.05) is 30.3 Å². The zero-order valence-electron chi connectivity index (χ0n) is 12.3. The molecular formula is C15H21F3N2O. The van der Waals surface area contributed by atoms with Gasteiger partial charge in [-0.05, 0) is 32.6 Å². The van der Waals surface area contributed by atoms with Crippen LogP contribution in [0.15, 0.2) is 30.3 Å². The number of halogens is 3. The number of alkyl halides is 3. The summed E-state index contributed by atoms with van der Waals surface area (Å²) in [4.78, 5) is 13.7. The van der Waals surface area contributed by atoms with Crippen molar-refractivity contribution >= 4 is 5.91 Å². The molecule has 1 unspecified atom stereocenters. The van der Waals surface area contributed by atoms with Gasteiger partial charge in [0, 0.05) is 6.42 Å². The molecule has 0 spiro atoms. The lowest BCUT2D eigenvalue weighted by Gasteiger charge is -2.21. The van der Waals surface area contributed by atoms with Crippen molar-refractivity contribution in [2.24, 2.45) is 0 Å². The van der Waals surface area contributed by atoms with E-state index in [2.05, 4.69) is 5.32 Å². The van der Waals surface area contributed by atoms with Gasteiger partial charge in [-0.3, -0.25) is 4.79 Å². The Balaban J connectivity index is 2.62. The first kappa shape index (κ1) is 17.5. The van der Waals surface area contributed by atoms with Crippen LogP contribution >= 0.6 is 0 Å². The summed E-state index contributed by atoms with van der Waals surface area (Å²) in [6.45, 7) is 0.735. The third-order valence-electron chi connectivity index (χ3n) is 3.04. The second-order valence-corrected chi connectivity index (χ2v) is 5.24. The third kappa shape index (κ3) is 7.70. The van der Waals surface area contributed by atoms with Gasteiger partial charge < -0.3 is 10.2 Å². The molecule has 0 aromatic heterocycles. The Labute approximate surface area is 123 Å². The van der Waals surface area contributed by atoms with Gasteiger partial charge in [-0.2, -0.15) is 13.2 Å². The number of amides is 1. The van der Waals surface area contributed by atoms with Gasteiger partial charge in [0.25, 0.3) is 0 Å². The lowest BCUT2D eigenvalue weighted by atomic mass is 10.0. The van der Waals surface area contributed by atoms with Crippen molar-refractivity contribution in [3.05, 3.63) is 35.9 Å². The van der Waals surface area contributed by atoms with E-state index in [-0.39, 0.29) is 6.04 Å². The van der Waals surface area contributed by atoms with Crippen LogP contribution in [0.25, 0.3) is 0 Å². The van der Waals surface area contributed by atoms with Crippen molar-refractivity contribution in [1.29, 1.82) is 0 Å². The number of hydrogen-bond acceptors (Lipinski definition) is 2. The monoisotopic (exact) mass is 302 g/mol. The van der Waals surface area contributed by atoms with E-state index >= 15 is 0 Å². The number of rotatable bonds is 7. The molecule has 1 aromatic rings. The molecule has 6 heteroatoms. The highest BCUT2D eigenvalue weighted by molar-refractivity contribution is 5.76. The fourth-order valence-corrected chi connectivity index (χ4v) is 1.92. The summed E-state index contributed by atoms with van der Waals surface area (Å²) in [6, 6.07) is 9.02. The summed E-state index contributed by atoms with van der Waals surface area (Å²) in [5.74, 6) is -0.570. The molecule has 1 rings (SSSR count). The van der Waals surface area contributed by atoms with Gasteiger partial charge in [0.2, 0.25) is 5.91 Å². The zero-order valence-corrected chi connectivity index (χ0v) is 12.3. The smallest absolute Gasteiger partial charge is 0.349 e. The standard InChI is InChI=1S/C15H21F3N2O/c1-20(2)11-9-13(12-6-4-3-5-7-12)19-14(21)8-10-15(16,17)18/h3-7,13H,8-11H2,1-2H3,(H,19,21). The normalized spacial score (nSPS) is 13.2. The molecular weight excluding hydrogens is 281 g/mol. The van der Waals surface area contributed by atoms with Crippen LogP contribution in [0.4, 0.5) is 13.2 Å². The molecule has 21 heavy (non-hydrogen) atoms. The summed E-state index contributed by atoms with van der Waals surface area (Å²) in [7, 11) is 3.82. The molecule has 0 aliphatic rings. The van der Waals surface area contributed by atoms with Crippen LogP contribution < -0.4 is 5.32 Å². The quantitative estimate of drug-likeness (QED) is 0.839. The average molecular weight is 302 g/mol. The predicted molar refractivity (Wildman–Crippen MR) is 75.8 cm³/mol. The van der Waals surface area contributed by atoms with E-state index in [4.69, 9.17) is 0 Å². The van der Waals surface area contributed by atoms with Crippen LogP contribution in [0.5, 0.6) is 0 Å². The lowest BCUT2D eigenvalue weighted by molar-refractivity contribution is -0.144. The van der Waals surface area contributed by atoms with E-state index < -0.39 is 24.9 Å². The van der Waals surface area contributed by atoms with Gasteiger partial charge >= 0.3 is 6.18 Å². The van der Waals surface area contributed by atoms with Crippen molar-refractivity contribution < 1.29 is 18.0 Å². The third-order valence-corrected chi connectivity index (χ3v) is 3.04. The minimum atomic E-state index is -4.30. The summed E-state index contributed by atoms with van der Waals surface area (Å²) in [6.07, 6.45) is -5.28. The van der Waals surface area contributed by atoms with Crippen LogP contribution in [0, 0.1) is 0 Å². The number of benzene rings is 1. The van der Waals surface area contributed by atoms with Crippen LogP contribution in [0.2, 0.25) is 0 Å². The fraction of sp³-hybridized carbons (Fsp3) is 0.533. The highest BCUT2D eigenvalue weighted by Crippen LogP contribution is 2.22. The summed E-state index contributed by atoms with van der Waals surface area (Å²) in [5, 5.41) is 2.70. The Morgan fingerprint density at radius 1 is 1.24 bits per heavy atom. The summed E-state index contributed by atoms with van der Waals surface area (Å²) >= 11 is 0. The zero-order chi connectivity index (χ0) is 15.9. The fourth-order valence-electron chi connectivity index (χ4n) is 1.92. The Kier molecular flexibility index (Phi) is 6.68. The highest BCUT2D eigenvalue weighted by atomic mass is 19.4. The number of hydrogen-bond donors (Lipinski definition) is 1. The Hall–Kier alpha value is -1.56. The molecule has 3 nitrogen and oxygen atoms in total. The molecule has 0 heterocycles. The number of nitrogens with zero attached hydrogens (tertiary/aromatic N) is 1. The number of carbonyl (C=O) groups excluding carboxylic acids is 1. The average Bonchev–Trinajstić information content (AvgIpc) is 2.41. The first-order valence-electron chi connectivity index (χ1n) is 6.84. The van der Waals surface area contributed by atoms with E-state index in [0.29, 0.717) is 6.42 Å². The molecule has 1 amide bonds. The van der Waals surface area contributed by atoms with E-state index in [1.165, 1.54) is 0 Å². The van der Waals surface area contributed by atoms with E-state index in [1.807, 2.05) is 49.3 Å². The molecule has 1 aromatic carbocycles. The van der Waals surface area contributed by atoms with Gasteiger partial charge in [-0.25, -0.2) is 0 Å². The Morgan fingerprint density at radius 3 is 2.38 bits per heavy atom. The first-order valence-corrected chi connectivity index (χ1v) is 6.84. The van der Waals surface area contributed by atoms with Crippen LogP contribution in [0.1, 0.15) is 30.9 Å². The molecule has 0 radical (unpaired) electrons. The minimum Gasteiger partial charge on any atom is -0.349 e. The Bertz CT molecular complexity index is 432. The molecule has 0 bridgehead atoms. The second kappa shape index (κ2) is 8.02. The van der Waals surface area contributed by atoms with Gasteiger partial charge in [-0.15, -0.1) is 0 Å². The highest BCUT2D eigenvalue weighted by Gasteiger charge is 2.28. The van der Waals surface area contributed by atoms with Crippen LogP contribution in [0.3, 0.4) is 0 Å². The molecule has 0 saturated heterocycles. The SMILES string of the molecule is CN(C)CCC(NC(=O)CCC(F)(F)F)c1ccccc1. The maximum absolute atomic E-state index is 12.1. The summed E-state index contributed by atoms with van der Waals surface area (Å²) < 4.78 is 36.4. The number of carbonyl (C=O) groups is 1. The first-order chi connectivity index (χ1) is 9.78. The van der Waals surface area contributed by atoms with Gasteiger partial charge in [0.1, 0.15) is 0 Å². The van der Waals surface area contributed by atoms with Crippen molar-refractivity contribution in [3.63, 3.8) is 0 Å². The van der Waals surface area contributed by atoms with E-state index in [0.717, 1.165) is 12.1 Å². The lowest BCUT2D eigenvalue weighted by Crippen LogP contribution is -2.31. The molecule has 1 atom stereocenters.